The highest BCUT2D eigenvalue weighted by Crippen LogP contribution is 2.36. The Morgan fingerprint density at radius 3 is 1.43 bits per heavy atom. The summed E-state index contributed by atoms with van der Waals surface area (Å²) in [6, 6.07) is 0. The second-order valence-electron chi connectivity index (χ2n) is 4.15. The van der Waals surface area contributed by atoms with Crippen molar-refractivity contribution in [1.29, 1.82) is 0 Å². The van der Waals surface area contributed by atoms with Gasteiger partial charge in [0.15, 0.2) is 0 Å². The van der Waals surface area contributed by atoms with Crippen LogP contribution < -0.4 is 0 Å². The Hall–Kier alpha value is -0.860. The molecule has 0 atom stereocenters. The van der Waals surface area contributed by atoms with Crippen LogP contribution in [0.25, 0.3) is 0 Å². The highest BCUT2D eigenvalue weighted by atomic mass is 16.5. The van der Waals surface area contributed by atoms with Gasteiger partial charge >= 0.3 is 0 Å². The molecule has 2 heterocycles. The first-order valence-electron chi connectivity index (χ1n) is 5.07. The predicted octanol–water partition coefficient (Wildman–Crippen LogP) is 2.36. The van der Waals surface area contributed by atoms with Gasteiger partial charge in [-0.3, -0.25) is 0 Å². The number of fused-ring (bicyclic) bond motifs is 3. The average Bonchev–Trinajstić information content (AvgIpc) is 2.80. The van der Waals surface area contributed by atoms with Crippen molar-refractivity contribution in [3.05, 3.63) is 33.4 Å². The van der Waals surface area contributed by atoms with Crippen molar-refractivity contribution in [3.63, 3.8) is 0 Å². The van der Waals surface area contributed by atoms with Gasteiger partial charge in [-0.15, -0.1) is 0 Å². The van der Waals surface area contributed by atoms with Crippen LogP contribution in [0, 0.1) is 13.8 Å². The van der Waals surface area contributed by atoms with E-state index in [0.717, 1.165) is 26.4 Å². The molecular weight excluding hydrogens is 176 g/mol. The molecule has 0 saturated heterocycles. The summed E-state index contributed by atoms with van der Waals surface area (Å²) in [5.74, 6) is 0. The minimum absolute atomic E-state index is 0.780. The largest absolute Gasteiger partial charge is 0.372 e. The lowest BCUT2D eigenvalue weighted by Gasteiger charge is -2.12. The maximum Gasteiger partial charge on any atom is 0.0728 e. The van der Waals surface area contributed by atoms with Gasteiger partial charge in [-0.1, -0.05) is 0 Å². The normalized spacial score (nSPS) is 18.4. The third-order valence-corrected chi connectivity index (χ3v) is 3.55. The lowest BCUT2D eigenvalue weighted by molar-refractivity contribution is 0.126. The van der Waals surface area contributed by atoms with E-state index in [1.165, 1.54) is 33.4 Å². The van der Waals surface area contributed by atoms with Gasteiger partial charge in [0.05, 0.1) is 26.4 Å². The molecule has 0 bridgehead atoms. The SMILES string of the molecule is Cc1c(C)c2c(c3c1COC3)COC2. The van der Waals surface area contributed by atoms with Crippen LogP contribution in [-0.4, -0.2) is 0 Å². The van der Waals surface area contributed by atoms with Gasteiger partial charge < -0.3 is 9.47 Å². The van der Waals surface area contributed by atoms with E-state index in [4.69, 9.17) is 9.47 Å². The van der Waals surface area contributed by atoms with E-state index in [1.54, 1.807) is 0 Å². The van der Waals surface area contributed by atoms with E-state index < -0.39 is 0 Å². The van der Waals surface area contributed by atoms with E-state index in [0.29, 0.717) is 0 Å². The molecule has 0 fully saturated rings. The van der Waals surface area contributed by atoms with Crippen LogP contribution in [0.3, 0.4) is 0 Å². The fraction of sp³-hybridized carbons (Fsp3) is 0.500. The van der Waals surface area contributed by atoms with E-state index in [-0.39, 0.29) is 0 Å². The molecule has 0 radical (unpaired) electrons. The molecule has 14 heavy (non-hydrogen) atoms. The summed E-state index contributed by atoms with van der Waals surface area (Å²) in [6.45, 7) is 7.53. The summed E-state index contributed by atoms with van der Waals surface area (Å²) < 4.78 is 11.0. The zero-order chi connectivity index (χ0) is 9.71. The Balaban J connectivity index is 2.34. The molecule has 2 aliphatic heterocycles. The highest BCUT2D eigenvalue weighted by molar-refractivity contribution is 5.52. The highest BCUT2D eigenvalue weighted by Gasteiger charge is 2.26. The maximum atomic E-state index is 5.52. The van der Waals surface area contributed by atoms with Crippen molar-refractivity contribution < 1.29 is 9.47 Å². The molecule has 1 aromatic rings. The number of hydrogen-bond donors (Lipinski definition) is 0. The summed E-state index contributed by atoms with van der Waals surface area (Å²) >= 11 is 0. The molecule has 1 aromatic carbocycles. The summed E-state index contributed by atoms with van der Waals surface area (Å²) in [4.78, 5) is 0. The van der Waals surface area contributed by atoms with Crippen LogP contribution in [0.2, 0.25) is 0 Å². The fourth-order valence-corrected chi connectivity index (χ4v) is 2.52. The lowest BCUT2D eigenvalue weighted by atomic mass is 9.90. The Bertz CT molecular complexity index is 369. The minimum atomic E-state index is 0.780. The van der Waals surface area contributed by atoms with Gasteiger partial charge in [0, 0.05) is 0 Å². The first kappa shape index (κ1) is 8.45. The summed E-state index contributed by atoms with van der Waals surface area (Å²) in [5, 5.41) is 0. The zero-order valence-corrected chi connectivity index (χ0v) is 8.64. The van der Waals surface area contributed by atoms with Gasteiger partial charge in [-0.2, -0.15) is 0 Å². The average molecular weight is 190 g/mol. The van der Waals surface area contributed by atoms with Crippen molar-refractivity contribution >= 4 is 0 Å². The van der Waals surface area contributed by atoms with E-state index >= 15 is 0 Å². The van der Waals surface area contributed by atoms with Crippen LogP contribution in [0.1, 0.15) is 33.4 Å². The predicted molar refractivity (Wildman–Crippen MR) is 52.9 cm³/mol. The van der Waals surface area contributed by atoms with Crippen molar-refractivity contribution in [2.75, 3.05) is 0 Å². The van der Waals surface area contributed by atoms with E-state index in [1.807, 2.05) is 0 Å². The first-order chi connectivity index (χ1) is 6.79. The molecule has 0 N–H and O–H groups in total. The smallest absolute Gasteiger partial charge is 0.0728 e. The maximum absolute atomic E-state index is 5.52. The van der Waals surface area contributed by atoms with Crippen LogP contribution >= 0.6 is 0 Å². The van der Waals surface area contributed by atoms with E-state index in [2.05, 4.69) is 13.8 Å². The second kappa shape index (κ2) is 2.81. The molecule has 0 aromatic heterocycles. The molecule has 0 spiro atoms. The third kappa shape index (κ3) is 0.928. The number of hydrogen-bond acceptors (Lipinski definition) is 2. The van der Waals surface area contributed by atoms with Crippen molar-refractivity contribution in [1.82, 2.24) is 0 Å². The Kier molecular flexibility index (Phi) is 1.70. The van der Waals surface area contributed by atoms with Crippen molar-refractivity contribution in [3.8, 4) is 0 Å². The Labute approximate surface area is 83.8 Å². The fourth-order valence-electron chi connectivity index (χ4n) is 2.52. The molecule has 0 saturated carbocycles. The van der Waals surface area contributed by atoms with Crippen LogP contribution in [0.4, 0.5) is 0 Å². The molecule has 2 nitrogen and oxygen atoms in total. The molecule has 3 rings (SSSR count). The molecule has 74 valence electrons. The number of rotatable bonds is 0. The second-order valence-corrected chi connectivity index (χ2v) is 4.15. The van der Waals surface area contributed by atoms with Gasteiger partial charge in [0.1, 0.15) is 0 Å². The van der Waals surface area contributed by atoms with Crippen LogP contribution in [-0.2, 0) is 35.9 Å². The Morgan fingerprint density at radius 2 is 1.00 bits per heavy atom. The zero-order valence-electron chi connectivity index (χ0n) is 8.64. The summed E-state index contributed by atoms with van der Waals surface area (Å²) in [7, 11) is 0. The van der Waals surface area contributed by atoms with Gasteiger partial charge in [0.2, 0.25) is 0 Å². The third-order valence-electron chi connectivity index (χ3n) is 3.55. The molecule has 2 heteroatoms. The molecule has 0 aliphatic carbocycles. The number of ether oxygens (including phenoxy) is 2. The minimum Gasteiger partial charge on any atom is -0.372 e. The van der Waals surface area contributed by atoms with Crippen LogP contribution in [0.5, 0.6) is 0 Å². The quantitative estimate of drug-likeness (QED) is 0.625. The first-order valence-corrected chi connectivity index (χ1v) is 5.07. The van der Waals surface area contributed by atoms with Gasteiger partial charge in [-0.05, 0) is 47.2 Å². The lowest BCUT2D eigenvalue weighted by Crippen LogP contribution is -2.00. The molecule has 2 aliphatic rings. The van der Waals surface area contributed by atoms with Crippen molar-refractivity contribution in [2.24, 2.45) is 0 Å². The molecule has 0 unspecified atom stereocenters. The number of benzene rings is 1. The summed E-state index contributed by atoms with van der Waals surface area (Å²) in [6.07, 6.45) is 0. The monoisotopic (exact) mass is 190 g/mol. The standard InChI is InChI=1S/C12H14O2/c1-7-8(2)10-4-14-6-12(10)11-5-13-3-9(7)11/h3-6H2,1-2H3. The van der Waals surface area contributed by atoms with Crippen LogP contribution in [0.15, 0.2) is 0 Å². The van der Waals surface area contributed by atoms with Crippen molar-refractivity contribution in [2.45, 2.75) is 40.3 Å². The van der Waals surface area contributed by atoms with Gasteiger partial charge in [0.25, 0.3) is 0 Å². The summed E-state index contributed by atoms with van der Waals surface area (Å²) in [5.41, 5.74) is 8.43. The Morgan fingerprint density at radius 1 is 0.643 bits per heavy atom. The van der Waals surface area contributed by atoms with Gasteiger partial charge in [-0.25, -0.2) is 0 Å². The van der Waals surface area contributed by atoms with E-state index in [9.17, 15) is 0 Å². The molecular formula is C12H14O2. The molecule has 0 amide bonds. The topological polar surface area (TPSA) is 18.5 Å².